The van der Waals surface area contributed by atoms with Crippen LogP contribution in [0.4, 0.5) is 13.2 Å². The highest BCUT2D eigenvalue weighted by Crippen LogP contribution is 2.47. The number of alkyl halides is 3. The molecule has 42 heavy (non-hydrogen) atoms. The number of amides is 2. The van der Waals surface area contributed by atoms with Gasteiger partial charge in [-0.25, -0.2) is 0 Å². The summed E-state index contributed by atoms with van der Waals surface area (Å²) in [6, 6.07) is 10.2. The molecule has 0 spiro atoms. The van der Waals surface area contributed by atoms with Crippen LogP contribution >= 0.6 is 11.6 Å². The number of rotatable bonds is 7. The third-order valence-electron chi connectivity index (χ3n) is 9.34. The van der Waals surface area contributed by atoms with Gasteiger partial charge in [0.1, 0.15) is 11.3 Å². The van der Waals surface area contributed by atoms with Gasteiger partial charge in [0.05, 0.1) is 12.7 Å². The van der Waals surface area contributed by atoms with Crippen molar-refractivity contribution in [3.63, 3.8) is 0 Å². The van der Waals surface area contributed by atoms with E-state index in [1.807, 2.05) is 24.0 Å². The van der Waals surface area contributed by atoms with Gasteiger partial charge in [-0.05, 0) is 61.6 Å². The fraction of sp³-hybridized carbons (Fsp3) is 0.516. The van der Waals surface area contributed by atoms with Gasteiger partial charge in [0.25, 0.3) is 5.91 Å². The molecule has 3 fully saturated rings. The van der Waals surface area contributed by atoms with Gasteiger partial charge in [0.15, 0.2) is 5.78 Å². The Kier molecular flexibility index (Phi) is 8.08. The number of benzene rings is 2. The topological polar surface area (TPSA) is 79.0 Å². The Morgan fingerprint density at radius 3 is 2.29 bits per heavy atom. The standard InChI is InChI=1S/C31H35ClF3N3O4/c1-29(12-13-29)28(41)38-14-10-20(11-15-38)26(39)30(18-36-17-24(30)19-4-7-22(32)8-5-19)37(2)27(40)21-6-9-25(42-3)23(16-21)31(33,34)35/h4-9,16,20,24,36H,10-15,17-18H2,1-3H3/t24-,30+/m1/s1. The zero-order chi connectivity index (χ0) is 30.4. The number of halogens is 4. The highest BCUT2D eigenvalue weighted by atomic mass is 35.5. The number of methoxy groups -OCH3 is 1. The van der Waals surface area contributed by atoms with Crippen LogP contribution in [0.25, 0.3) is 0 Å². The predicted octanol–water partition coefficient (Wildman–Crippen LogP) is 5.17. The number of carbonyl (C=O) groups excluding carboxylic acids is 3. The summed E-state index contributed by atoms with van der Waals surface area (Å²) >= 11 is 6.14. The van der Waals surface area contributed by atoms with E-state index >= 15 is 0 Å². The summed E-state index contributed by atoms with van der Waals surface area (Å²) in [5, 5.41) is 3.80. The molecule has 0 aromatic heterocycles. The molecule has 2 aromatic carbocycles. The molecule has 0 radical (unpaired) electrons. The van der Waals surface area contributed by atoms with Gasteiger partial charge in [-0.1, -0.05) is 30.7 Å². The summed E-state index contributed by atoms with van der Waals surface area (Å²) in [5.41, 5.74) is -2.14. The first kappa shape index (κ1) is 30.4. The Morgan fingerprint density at radius 1 is 1.07 bits per heavy atom. The number of likely N-dealkylation sites (tertiary alicyclic amines) is 1. The van der Waals surface area contributed by atoms with Gasteiger partial charge >= 0.3 is 6.18 Å². The molecule has 1 aliphatic carbocycles. The molecule has 7 nitrogen and oxygen atoms in total. The molecule has 11 heteroatoms. The van der Waals surface area contributed by atoms with Crippen LogP contribution in [0.2, 0.25) is 5.02 Å². The SMILES string of the molecule is COc1ccc(C(=O)N(C)[C@@]2(C(=O)C3CCN(C(=O)C4(C)CC4)CC3)CNC[C@@H]2c2ccc(Cl)cc2)cc1C(F)(F)F. The first-order chi connectivity index (χ1) is 19.8. The van der Waals surface area contributed by atoms with Gasteiger partial charge in [0.2, 0.25) is 5.91 Å². The van der Waals surface area contributed by atoms with Crippen molar-refractivity contribution in [2.24, 2.45) is 11.3 Å². The van der Waals surface area contributed by atoms with E-state index in [4.69, 9.17) is 16.3 Å². The Labute approximate surface area is 248 Å². The van der Waals surface area contributed by atoms with Crippen molar-refractivity contribution >= 4 is 29.2 Å². The molecule has 1 saturated carbocycles. The lowest BCUT2D eigenvalue weighted by atomic mass is 9.71. The number of likely N-dealkylation sites (N-methyl/N-ethyl adjacent to an activating group) is 1. The molecular weight excluding hydrogens is 571 g/mol. The van der Waals surface area contributed by atoms with Crippen LogP contribution in [0.1, 0.15) is 60.0 Å². The monoisotopic (exact) mass is 605 g/mol. The normalized spacial score (nSPS) is 23.9. The fourth-order valence-electron chi connectivity index (χ4n) is 6.48. The smallest absolute Gasteiger partial charge is 0.419 e. The molecule has 2 atom stereocenters. The van der Waals surface area contributed by atoms with Crippen molar-refractivity contribution < 1.29 is 32.3 Å². The van der Waals surface area contributed by atoms with Crippen molar-refractivity contribution in [2.45, 2.75) is 50.2 Å². The van der Waals surface area contributed by atoms with Crippen molar-refractivity contribution in [1.82, 2.24) is 15.1 Å². The lowest BCUT2D eigenvalue weighted by Crippen LogP contribution is -2.62. The average molecular weight is 606 g/mol. The number of ketones is 1. The molecule has 5 rings (SSSR count). The molecule has 0 bridgehead atoms. The Balaban J connectivity index is 1.49. The molecule has 3 aliphatic rings. The van der Waals surface area contributed by atoms with Crippen LogP contribution in [0.5, 0.6) is 5.75 Å². The Hall–Kier alpha value is -3.11. The molecule has 2 aromatic rings. The lowest BCUT2D eigenvalue weighted by Gasteiger charge is -2.45. The van der Waals surface area contributed by atoms with Crippen LogP contribution in [-0.4, -0.2) is 73.3 Å². The zero-order valence-electron chi connectivity index (χ0n) is 23.9. The van der Waals surface area contributed by atoms with E-state index in [0.29, 0.717) is 37.5 Å². The van der Waals surface area contributed by atoms with E-state index in [-0.39, 0.29) is 29.2 Å². The summed E-state index contributed by atoms with van der Waals surface area (Å²) in [6.45, 7) is 3.39. The summed E-state index contributed by atoms with van der Waals surface area (Å²) in [5.74, 6) is -2.02. The summed E-state index contributed by atoms with van der Waals surface area (Å²) in [4.78, 5) is 44.6. The number of hydrogen-bond donors (Lipinski definition) is 1. The zero-order valence-corrected chi connectivity index (χ0v) is 24.6. The molecule has 2 amide bonds. The first-order valence-corrected chi connectivity index (χ1v) is 14.5. The quantitative estimate of drug-likeness (QED) is 0.471. The lowest BCUT2D eigenvalue weighted by molar-refractivity contribution is -0.142. The minimum Gasteiger partial charge on any atom is -0.496 e. The maximum Gasteiger partial charge on any atom is 0.419 e. The van der Waals surface area contributed by atoms with Gasteiger partial charge in [0, 0.05) is 61.1 Å². The van der Waals surface area contributed by atoms with Gasteiger partial charge in [-0.15, -0.1) is 0 Å². The number of piperidine rings is 1. The molecule has 2 heterocycles. The average Bonchev–Trinajstić information content (AvgIpc) is 3.58. The van der Waals surface area contributed by atoms with E-state index < -0.39 is 40.8 Å². The highest BCUT2D eigenvalue weighted by Gasteiger charge is 2.56. The number of nitrogens with one attached hydrogen (secondary N) is 1. The fourth-order valence-corrected chi connectivity index (χ4v) is 6.61. The molecule has 1 N–H and O–H groups in total. The number of Topliss-reactive ketones (excluding diaryl/α,β-unsaturated/α-hetero) is 1. The summed E-state index contributed by atoms with van der Waals surface area (Å²) < 4.78 is 46.3. The number of carbonyl (C=O) groups is 3. The molecule has 0 unspecified atom stereocenters. The molecule has 2 saturated heterocycles. The van der Waals surface area contributed by atoms with Crippen LogP contribution in [0.15, 0.2) is 42.5 Å². The molecule has 226 valence electrons. The summed E-state index contributed by atoms with van der Waals surface area (Å²) in [6.07, 6.45) is -2.08. The third-order valence-corrected chi connectivity index (χ3v) is 9.59. The predicted molar refractivity (Wildman–Crippen MR) is 152 cm³/mol. The Morgan fingerprint density at radius 2 is 1.71 bits per heavy atom. The third kappa shape index (κ3) is 5.39. The maximum absolute atomic E-state index is 14.6. The summed E-state index contributed by atoms with van der Waals surface area (Å²) in [7, 11) is 2.62. The maximum atomic E-state index is 14.6. The van der Waals surface area contributed by atoms with Crippen LogP contribution in [-0.2, 0) is 15.8 Å². The van der Waals surface area contributed by atoms with E-state index in [0.717, 1.165) is 37.6 Å². The van der Waals surface area contributed by atoms with Crippen LogP contribution in [0, 0.1) is 11.3 Å². The van der Waals surface area contributed by atoms with Gasteiger partial charge in [-0.2, -0.15) is 13.2 Å². The molecular formula is C31H35ClF3N3O4. The van der Waals surface area contributed by atoms with Crippen molar-refractivity contribution in [2.75, 3.05) is 40.3 Å². The number of ether oxygens (including phenoxy) is 1. The molecule has 2 aliphatic heterocycles. The Bertz CT molecular complexity index is 1370. The second kappa shape index (κ2) is 11.2. The number of nitrogens with zero attached hydrogens (tertiary/aromatic N) is 2. The number of hydrogen-bond acceptors (Lipinski definition) is 5. The minimum atomic E-state index is -4.74. The minimum absolute atomic E-state index is 0.122. The highest BCUT2D eigenvalue weighted by molar-refractivity contribution is 6.30. The van der Waals surface area contributed by atoms with E-state index in [2.05, 4.69) is 5.32 Å². The van der Waals surface area contributed by atoms with Gasteiger partial charge in [-0.3, -0.25) is 14.4 Å². The van der Waals surface area contributed by atoms with Crippen molar-refractivity contribution in [3.8, 4) is 5.75 Å². The second-order valence-corrected chi connectivity index (χ2v) is 12.4. The van der Waals surface area contributed by atoms with Crippen molar-refractivity contribution in [3.05, 3.63) is 64.2 Å². The van der Waals surface area contributed by atoms with Crippen molar-refractivity contribution in [1.29, 1.82) is 0 Å². The van der Waals surface area contributed by atoms with E-state index in [9.17, 15) is 27.6 Å². The van der Waals surface area contributed by atoms with Crippen LogP contribution in [0.3, 0.4) is 0 Å². The van der Waals surface area contributed by atoms with E-state index in [1.54, 1.807) is 12.1 Å². The largest absolute Gasteiger partial charge is 0.496 e. The van der Waals surface area contributed by atoms with Gasteiger partial charge < -0.3 is 19.9 Å². The second-order valence-electron chi connectivity index (χ2n) is 11.9. The van der Waals surface area contributed by atoms with Crippen LogP contribution < -0.4 is 10.1 Å². The van der Waals surface area contributed by atoms with E-state index in [1.165, 1.54) is 18.0 Å². The first-order valence-electron chi connectivity index (χ1n) is 14.1.